The summed E-state index contributed by atoms with van der Waals surface area (Å²) in [4.78, 5) is 32.5. The highest BCUT2D eigenvalue weighted by Gasteiger charge is 2.15. The number of aromatic amines is 1. The van der Waals surface area contributed by atoms with Crippen LogP contribution in [0.4, 0.5) is 0 Å². The number of rotatable bonds is 4. The van der Waals surface area contributed by atoms with Crippen LogP contribution in [0, 0.1) is 0 Å². The molecule has 0 saturated heterocycles. The molecule has 3 aromatic rings. The van der Waals surface area contributed by atoms with Gasteiger partial charge in [-0.1, -0.05) is 60.7 Å². The van der Waals surface area contributed by atoms with Crippen molar-refractivity contribution in [3.63, 3.8) is 0 Å². The second-order valence-corrected chi connectivity index (χ2v) is 5.50. The SMILES string of the molecule is CN(Cc1ccccc1)C(=O)c1cc(-c2ccccc2)nc(=O)[nH]1. The van der Waals surface area contributed by atoms with Gasteiger partial charge < -0.3 is 9.88 Å². The highest BCUT2D eigenvalue weighted by molar-refractivity contribution is 5.93. The second kappa shape index (κ2) is 6.91. The molecule has 2 aromatic carbocycles. The zero-order valence-corrected chi connectivity index (χ0v) is 13.3. The van der Waals surface area contributed by atoms with E-state index in [2.05, 4.69) is 9.97 Å². The van der Waals surface area contributed by atoms with Gasteiger partial charge in [-0.3, -0.25) is 4.79 Å². The van der Waals surface area contributed by atoms with Gasteiger partial charge in [0.25, 0.3) is 5.91 Å². The molecule has 0 aliphatic rings. The normalized spacial score (nSPS) is 10.4. The van der Waals surface area contributed by atoms with Crippen molar-refractivity contribution in [1.82, 2.24) is 14.9 Å². The number of hydrogen-bond acceptors (Lipinski definition) is 3. The first-order chi connectivity index (χ1) is 11.6. The number of hydrogen-bond donors (Lipinski definition) is 1. The molecule has 1 amide bonds. The number of H-pyrrole nitrogens is 1. The van der Waals surface area contributed by atoms with E-state index >= 15 is 0 Å². The largest absolute Gasteiger partial charge is 0.346 e. The summed E-state index contributed by atoms with van der Waals surface area (Å²) >= 11 is 0. The van der Waals surface area contributed by atoms with Crippen molar-refractivity contribution in [2.24, 2.45) is 0 Å². The van der Waals surface area contributed by atoms with Crippen molar-refractivity contribution in [3.05, 3.63) is 88.5 Å². The Kier molecular flexibility index (Phi) is 4.52. The van der Waals surface area contributed by atoms with Crippen LogP contribution in [0.5, 0.6) is 0 Å². The number of aromatic nitrogens is 2. The predicted octanol–water partition coefficient (Wildman–Crippen LogP) is 2.71. The van der Waals surface area contributed by atoms with E-state index in [4.69, 9.17) is 0 Å². The Labute approximate surface area is 139 Å². The van der Waals surface area contributed by atoms with Gasteiger partial charge in [-0.15, -0.1) is 0 Å². The number of carbonyl (C=O) groups is 1. The maximum atomic E-state index is 12.6. The molecule has 0 aliphatic heterocycles. The maximum Gasteiger partial charge on any atom is 0.346 e. The molecule has 24 heavy (non-hydrogen) atoms. The number of nitrogens with one attached hydrogen (secondary N) is 1. The van der Waals surface area contributed by atoms with Crippen LogP contribution in [0.15, 0.2) is 71.5 Å². The zero-order valence-electron chi connectivity index (χ0n) is 13.3. The van der Waals surface area contributed by atoms with Gasteiger partial charge in [0.1, 0.15) is 5.69 Å². The van der Waals surface area contributed by atoms with E-state index in [0.717, 1.165) is 11.1 Å². The van der Waals surface area contributed by atoms with Crippen LogP contribution in [-0.4, -0.2) is 27.8 Å². The van der Waals surface area contributed by atoms with Crippen molar-refractivity contribution >= 4 is 5.91 Å². The van der Waals surface area contributed by atoms with Gasteiger partial charge in [-0.25, -0.2) is 4.79 Å². The monoisotopic (exact) mass is 319 g/mol. The van der Waals surface area contributed by atoms with E-state index in [9.17, 15) is 9.59 Å². The average molecular weight is 319 g/mol. The van der Waals surface area contributed by atoms with Crippen LogP contribution in [-0.2, 0) is 6.54 Å². The van der Waals surface area contributed by atoms with Crippen molar-refractivity contribution in [2.45, 2.75) is 6.54 Å². The van der Waals surface area contributed by atoms with E-state index in [1.165, 1.54) is 0 Å². The van der Waals surface area contributed by atoms with Gasteiger partial charge in [0, 0.05) is 19.2 Å². The molecule has 0 fully saturated rings. The topological polar surface area (TPSA) is 66.1 Å². The molecule has 0 spiro atoms. The molecule has 0 bridgehead atoms. The molecule has 0 saturated carbocycles. The van der Waals surface area contributed by atoms with Gasteiger partial charge >= 0.3 is 5.69 Å². The van der Waals surface area contributed by atoms with Crippen LogP contribution in [0.3, 0.4) is 0 Å². The Morgan fingerprint density at radius 1 is 1.04 bits per heavy atom. The number of carbonyl (C=O) groups excluding carboxylic acids is 1. The van der Waals surface area contributed by atoms with Crippen molar-refractivity contribution in [2.75, 3.05) is 7.05 Å². The van der Waals surface area contributed by atoms with E-state index in [1.807, 2.05) is 60.7 Å². The van der Waals surface area contributed by atoms with Gasteiger partial charge in [-0.2, -0.15) is 4.98 Å². The quantitative estimate of drug-likeness (QED) is 0.804. The van der Waals surface area contributed by atoms with Crippen LogP contribution < -0.4 is 5.69 Å². The predicted molar refractivity (Wildman–Crippen MR) is 92.5 cm³/mol. The minimum Gasteiger partial charge on any atom is -0.336 e. The third kappa shape index (κ3) is 3.57. The summed E-state index contributed by atoms with van der Waals surface area (Å²) < 4.78 is 0. The van der Waals surface area contributed by atoms with Crippen LogP contribution in [0.25, 0.3) is 11.3 Å². The molecule has 0 unspecified atom stereocenters. The van der Waals surface area contributed by atoms with Crippen LogP contribution in [0.1, 0.15) is 16.1 Å². The smallest absolute Gasteiger partial charge is 0.336 e. The first kappa shape index (κ1) is 15.7. The molecule has 0 aliphatic carbocycles. The van der Waals surface area contributed by atoms with E-state index in [0.29, 0.717) is 12.2 Å². The highest BCUT2D eigenvalue weighted by Crippen LogP contribution is 2.16. The summed E-state index contributed by atoms with van der Waals surface area (Å²) in [6.45, 7) is 0.463. The standard InChI is InChI=1S/C19H17N3O2/c1-22(13-14-8-4-2-5-9-14)18(23)17-12-16(20-19(24)21-17)15-10-6-3-7-11-15/h2-12H,13H2,1H3,(H,20,21,24). The maximum absolute atomic E-state index is 12.6. The molecular formula is C19H17N3O2. The Morgan fingerprint density at radius 3 is 2.33 bits per heavy atom. The van der Waals surface area contributed by atoms with Crippen molar-refractivity contribution < 1.29 is 4.79 Å². The molecular weight excluding hydrogens is 302 g/mol. The lowest BCUT2D eigenvalue weighted by Gasteiger charge is -2.17. The summed E-state index contributed by atoms with van der Waals surface area (Å²) in [6.07, 6.45) is 0. The fraction of sp³-hybridized carbons (Fsp3) is 0.105. The number of nitrogens with zero attached hydrogens (tertiary/aromatic N) is 2. The number of benzene rings is 2. The Morgan fingerprint density at radius 2 is 1.67 bits per heavy atom. The summed E-state index contributed by atoms with van der Waals surface area (Å²) in [5.41, 5.74) is 1.99. The molecule has 0 radical (unpaired) electrons. The summed E-state index contributed by atoms with van der Waals surface area (Å²) in [5.74, 6) is -0.254. The molecule has 3 rings (SSSR count). The summed E-state index contributed by atoms with van der Waals surface area (Å²) in [5, 5.41) is 0. The van der Waals surface area contributed by atoms with Crippen molar-refractivity contribution in [1.29, 1.82) is 0 Å². The van der Waals surface area contributed by atoms with E-state index in [-0.39, 0.29) is 11.6 Å². The highest BCUT2D eigenvalue weighted by atomic mass is 16.2. The summed E-state index contributed by atoms with van der Waals surface area (Å²) in [6, 6.07) is 20.6. The third-order valence-corrected chi connectivity index (χ3v) is 3.65. The number of amides is 1. The lowest BCUT2D eigenvalue weighted by Crippen LogP contribution is -2.29. The summed E-state index contributed by atoms with van der Waals surface area (Å²) in [7, 11) is 1.70. The fourth-order valence-electron chi connectivity index (χ4n) is 2.46. The van der Waals surface area contributed by atoms with E-state index < -0.39 is 5.69 Å². The van der Waals surface area contributed by atoms with Gasteiger partial charge in [0.15, 0.2) is 0 Å². The first-order valence-electron chi connectivity index (χ1n) is 7.59. The molecule has 120 valence electrons. The molecule has 1 N–H and O–H groups in total. The van der Waals surface area contributed by atoms with Crippen molar-refractivity contribution in [3.8, 4) is 11.3 Å². The third-order valence-electron chi connectivity index (χ3n) is 3.65. The molecule has 1 heterocycles. The molecule has 5 nitrogen and oxygen atoms in total. The second-order valence-electron chi connectivity index (χ2n) is 5.50. The van der Waals surface area contributed by atoms with Gasteiger partial charge in [0.05, 0.1) is 5.69 Å². The van der Waals surface area contributed by atoms with E-state index in [1.54, 1.807) is 18.0 Å². The zero-order chi connectivity index (χ0) is 16.9. The lowest BCUT2D eigenvalue weighted by atomic mass is 10.1. The van der Waals surface area contributed by atoms with Crippen LogP contribution >= 0.6 is 0 Å². The molecule has 5 heteroatoms. The van der Waals surface area contributed by atoms with Gasteiger partial charge in [0.2, 0.25) is 0 Å². The Balaban J connectivity index is 1.87. The molecule has 1 aromatic heterocycles. The van der Waals surface area contributed by atoms with Gasteiger partial charge in [-0.05, 0) is 11.6 Å². The molecule has 0 atom stereocenters. The average Bonchev–Trinajstić information content (AvgIpc) is 2.62. The lowest BCUT2D eigenvalue weighted by molar-refractivity contribution is 0.0779. The minimum absolute atomic E-state index is 0.229. The first-order valence-corrected chi connectivity index (χ1v) is 7.59. The Hall–Kier alpha value is -3.21. The fourth-order valence-corrected chi connectivity index (χ4v) is 2.46. The van der Waals surface area contributed by atoms with Crippen LogP contribution in [0.2, 0.25) is 0 Å². The minimum atomic E-state index is -0.534. The Bertz CT molecular complexity index is 889.